The maximum Gasteiger partial charge on any atom is 0.345 e. The third kappa shape index (κ3) is 5.39. The van der Waals surface area contributed by atoms with Gasteiger partial charge < -0.3 is 59.1 Å². The number of aliphatic hydroxyl groups excluding tert-OH is 6. The fourth-order valence-electron chi connectivity index (χ4n) is 5.18. The number of esters is 1. The van der Waals surface area contributed by atoms with Crippen LogP contribution in [-0.4, -0.2) is 131 Å². The highest BCUT2D eigenvalue weighted by molar-refractivity contribution is 6.30. The predicted octanol–water partition coefficient (Wildman–Crippen LogP) is -2.10. The van der Waals surface area contributed by atoms with Crippen LogP contribution in [0.4, 0.5) is 0 Å². The van der Waals surface area contributed by atoms with Gasteiger partial charge in [-0.15, -0.1) is 0 Å². The van der Waals surface area contributed by atoms with Crippen LogP contribution >= 0.6 is 0 Å². The minimum absolute atomic E-state index is 0.0999. The Labute approximate surface area is 243 Å². The van der Waals surface area contributed by atoms with Crippen LogP contribution in [-0.2, 0) is 18.9 Å². The number of carbonyl (C=O) groups excluding carboxylic acids is 3. The van der Waals surface area contributed by atoms with E-state index in [1.165, 1.54) is 19.2 Å². The number of hydrogen-bond acceptors (Lipinski definition) is 15. The van der Waals surface area contributed by atoms with E-state index in [4.69, 9.17) is 28.4 Å². The van der Waals surface area contributed by atoms with Gasteiger partial charge in [-0.3, -0.25) is 9.59 Å². The number of ether oxygens (including phenoxy) is 6. The fraction of sp³-hybridized carbons (Fsp3) is 0.464. The summed E-state index contributed by atoms with van der Waals surface area (Å²) in [6, 6.07) is 7.17. The second-order valence-electron chi connectivity index (χ2n) is 10.1. The van der Waals surface area contributed by atoms with Crippen LogP contribution in [0.1, 0.15) is 42.2 Å². The number of hydrogen-bond donors (Lipinski definition) is 6. The Kier molecular flexibility index (Phi) is 8.80. The van der Waals surface area contributed by atoms with Crippen LogP contribution in [0.5, 0.6) is 11.5 Å². The van der Waals surface area contributed by atoms with Crippen molar-refractivity contribution < 1.29 is 73.4 Å². The van der Waals surface area contributed by atoms with E-state index < -0.39 is 90.8 Å². The molecule has 2 heterocycles. The Balaban J connectivity index is 1.47. The van der Waals surface area contributed by atoms with Crippen molar-refractivity contribution in [3.63, 3.8) is 0 Å². The van der Waals surface area contributed by atoms with Crippen LogP contribution in [0, 0.1) is 0 Å². The van der Waals surface area contributed by atoms with Gasteiger partial charge in [0.2, 0.25) is 6.29 Å². The van der Waals surface area contributed by atoms with Crippen LogP contribution in [0.3, 0.4) is 0 Å². The minimum Gasteiger partial charge on any atom is -0.495 e. The summed E-state index contributed by atoms with van der Waals surface area (Å²) < 4.78 is 32.3. The molecule has 9 unspecified atom stereocenters. The second-order valence-corrected chi connectivity index (χ2v) is 10.1. The van der Waals surface area contributed by atoms with Gasteiger partial charge in [-0.2, -0.15) is 0 Å². The van der Waals surface area contributed by atoms with Crippen molar-refractivity contribution in [2.24, 2.45) is 0 Å². The lowest BCUT2D eigenvalue weighted by Crippen LogP contribution is -2.61. The average molecular weight is 607 g/mol. The Morgan fingerprint density at radius 3 is 2.16 bits per heavy atom. The molecule has 15 heteroatoms. The normalized spacial score (nSPS) is 32.0. The second kappa shape index (κ2) is 12.2. The summed E-state index contributed by atoms with van der Waals surface area (Å²) in [6.45, 7) is -0.914. The van der Waals surface area contributed by atoms with E-state index in [0.29, 0.717) is 0 Å². The first-order valence-electron chi connectivity index (χ1n) is 13.2. The van der Waals surface area contributed by atoms with Gasteiger partial charge in [0, 0.05) is 16.7 Å². The van der Waals surface area contributed by atoms with E-state index in [0.717, 1.165) is 13.2 Å². The quantitative estimate of drug-likeness (QED) is 0.158. The number of methoxy groups -OCH3 is 2. The van der Waals surface area contributed by atoms with Crippen molar-refractivity contribution in [3.05, 3.63) is 58.1 Å². The lowest BCUT2D eigenvalue weighted by Gasteiger charge is -2.41. The average Bonchev–Trinajstić information content (AvgIpc) is 3.01. The van der Waals surface area contributed by atoms with Crippen LogP contribution in [0.2, 0.25) is 0 Å². The summed E-state index contributed by atoms with van der Waals surface area (Å²) >= 11 is 0. The highest BCUT2D eigenvalue weighted by atomic mass is 16.7. The lowest BCUT2D eigenvalue weighted by atomic mass is 9.82. The molecule has 2 aromatic rings. The molecular weight excluding hydrogens is 576 g/mol. The summed E-state index contributed by atoms with van der Waals surface area (Å²) in [7, 11) is 2.23. The zero-order valence-electron chi connectivity index (χ0n) is 22.9. The minimum atomic E-state index is -1.90. The summed E-state index contributed by atoms with van der Waals surface area (Å²) in [5.74, 6) is -2.92. The van der Waals surface area contributed by atoms with Crippen molar-refractivity contribution in [1.29, 1.82) is 0 Å². The Hall–Kier alpha value is -3.51. The molecule has 0 saturated carbocycles. The van der Waals surface area contributed by atoms with E-state index in [-0.39, 0.29) is 34.6 Å². The SMILES string of the molecule is COC(=O)c1c(OC2OC(COC3OCC(O)C(O)C3O)C(O)C(O)C2O)cc2c(c1OC)C(=O)c1ccccc1C2=O. The third-order valence-electron chi connectivity index (χ3n) is 7.52. The number of benzene rings is 2. The van der Waals surface area contributed by atoms with Gasteiger partial charge in [0.05, 0.1) is 33.0 Å². The van der Waals surface area contributed by atoms with Gasteiger partial charge in [-0.05, 0) is 6.07 Å². The van der Waals surface area contributed by atoms with Crippen LogP contribution in [0.15, 0.2) is 30.3 Å². The van der Waals surface area contributed by atoms with Gasteiger partial charge in [0.1, 0.15) is 59.8 Å². The maximum atomic E-state index is 13.4. The summed E-state index contributed by atoms with van der Waals surface area (Å²) in [5, 5.41) is 61.4. The van der Waals surface area contributed by atoms with Crippen LogP contribution in [0.25, 0.3) is 0 Å². The first-order valence-corrected chi connectivity index (χ1v) is 13.2. The molecule has 9 atom stereocenters. The third-order valence-corrected chi connectivity index (χ3v) is 7.52. The highest BCUT2D eigenvalue weighted by Crippen LogP contribution is 2.42. The topological polar surface area (TPSA) is 228 Å². The predicted molar refractivity (Wildman–Crippen MR) is 139 cm³/mol. The molecule has 3 aliphatic rings. The Bertz CT molecular complexity index is 1410. The van der Waals surface area contributed by atoms with E-state index in [1.54, 1.807) is 12.1 Å². The largest absolute Gasteiger partial charge is 0.495 e. The molecule has 1 aliphatic carbocycles. The molecule has 5 rings (SSSR count). The molecule has 0 aromatic heterocycles. The summed E-state index contributed by atoms with van der Waals surface area (Å²) in [6.07, 6.45) is -14.7. The van der Waals surface area contributed by atoms with Gasteiger partial charge in [-0.25, -0.2) is 4.79 Å². The van der Waals surface area contributed by atoms with E-state index >= 15 is 0 Å². The first kappa shape index (κ1) is 30.9. The number of ketones is 2. The molecule has 0 spiro atoms. The van der Waals surface area contributed by atoms with Crippen molar-refractivity contribution >= 4 is 17.5 Å². The van der Waals surface area contributed by atoms with Gasteiger partial charge in [0.15, 0.2) is 17.9 Å². The zero-order valence-corrected chi connectivity index (χ0v) is 22.9. The molecule has 2 aromatic carbocycles. The summed E-state index contributed by atoms with van der Waals surface area (Å²) in [4.78, 5) is 39.8. The molecule has 43 heavy (non-hydrogen) atoms. The highest BCUT2D eigenvalue weighted by Gasteiger charge is 2.47. The summed E-state index contributed by atoms with van der Waals surface area (Å²) in [5.41, 5.74) is -0.585. The molecule has 15 nitrogen and oxygen atoms in total. The van der Waals surface area contributed by atoms with Crippen molar-refractivity contribution in [3.8, 4) is 11.5 Å². The van der Waals surface area contributed by atoms with Crippen molar-refractivity contribution in [2.45, 2.75) is 55.3 Å². The van der Waals surface area contributed by atoms with Crippen LogP contribution < -0.4 is 9.47 Å². The van der Waals surface area contributed by atoms with Crippen molar-refractivity contribution in [2.75, 3.05) is 27.4 Å². The molecular formula is C28H30O15. The maximum absolute atomic E-state index is 13.4. The van der Waals surface area contributed by atoms with Crippen molar-refractivity contribution in [1.82, 2.24) is 0 Å². The Morgan fingerprint density at radius 1 is 0.860 bits per heavy atom. The lowest BCUT2D eigenvalue weighted by molar-refractivity contribution is -0.307. The molecule has 0 bridgehead atoms. The number of aliphatic hydroxyl groups is 6. The van der Waals surface area contributed by atoms with Gasteiger partial charge in [-0.1, -0.05) is 24.3 Å². The molecule has 6 N–H and O–H groups in total. The van der Waals surface area contributed by atoms with Gasteiger partial charge >= 0.3 is 5.97 Å². The Morgan fingerprint density at radius 2 is 1.51 bits per heavy atom. The molecule has 232 valence electrons. The molecule has 2 fully saturated rings. The fourth-order valence-corrected chi connectivity index (χ4v) is 5.18. The number of carbonyl (C=O) groups is 3. The molecule has 0 radical (unpaired) electrons. The number of fused-ring (bicyclic) bond motifs is 2. The smallest absolute Gasteiger partial charge is 0.345 e. The van der Waals surface area contributed by atoms with E-state index in [2.05, 4.69) is 0 Å². The monoisotopic (exact) mass is 606 g/mol. The standard InChI is InChI=1S/C28H30O15/c1-38-25-16-12(18(30)10-5-3-4-6-11(10)19(16)31)7-14(17(25)26(37)39-2)42-28-24(36)22(34)21(33)15(43-28)9-41-27-23(35)20(32)13(29)8-40-27/h3-7,13,15,20-24,27-29,32-36H,8-9H2,1-2H3. The van der Waals surface area contributed by atoms with E-state index in [9.17, 15) is 45.0 Å². The number of rotatable bonds is 7. The van der Waals surface area contributed by atoms with Gasteiger partial charge in [0.25, 0.3) is 0 Å². The first-order chi connectivity index (χ1) is 20.5. The molecule has 0 amide bonds. The van der Waals surface area contributed by atoms with E-state index in [1.807, 2.05) is 0 Å². The molecule has 2 aliphatic heterocycles. The molecule has 2 saturated heterocycles. The zero-order chi connectivity index (χ0) is 31.2.